The lowest BCUT2D eigenvalue weighted by Gasteiger charge is -2.18. The Bertz CT molecular complexity index is 371. The van der Waals surface area contributed by atoms with Crippen molar-refractivity contribution in [2.45, 2.75) is 25.1 Å². The molecule has 1 aliphatic heterocycles. The van der Waals surface area contributed by atoms with Gasteiger partial charge in [-0.25, -0.2) is 4.98 Å². The van der Waals surface area contributed by atoms with Crippen LogP contribution in [0.5, 0.6) is 0 Å². The van der Waals surface area contributed by atoms with Gasteiger partial charge in [-0.2, -0.15) is 13.2 Å². The maximum Gasteiger partial charge on any atom is 0.418 e. The van der Waals surface area contributed by atoms with E-state index in [2.05, 4.69) is 4.98 Å². The smallest absolute Gasteiger partial charge is 0.379 e. The third-order valence-electron chi connectivity index (χ3n) is 2.83. The molecule has 0 spiro atoms. The zero-order valence-corrected chi connectivity index (χ0v) is 9.11. The third kappa shape index (κ3) is 2.69. The first-order valence-corrected chi connectivity index (χ1v) is 5.44. The van der Waals surface area contributed by atoms with Gasteiger partial charge in [0.1, 0.15) is 5.82 Å². The summed E-state index contributed by atoms with van der Waals surface area (Å²) in [4.78, 5) is 5.98. The summed E-state index contributed by atoms with van der Waals surface area (Å²) in [6.45, 7) is 1.77. The van der Waals surface area contributed by atoms with Crippen LogP contribution in [0.25, 0.3) is 0 Å². The highest BCUT2D eigenvalue weighted by Crippen LogP contribution is 2.32. The van der Waals surface area contributed by atoms with Crippen molar-refractivity contribution < 1.29 is 18.3 Å². The zero-order valence-electron chi connectivity index (χ0n) is 9.11. The summed E-state index contributed by atoms with van der Waals surface area (Å²) in [7, 11) is 0. The van der Waals surface area contributed by atoms with Gasteiger partial charge in [-0.05, 0) is 18.9 Å². The average Bonchev–Trinajstić information content (AvgIpc) is 2.80. The number of aromatic nitrogens is 1. The molecule has 1 aromatic heterocycles. The molecule has 0 radical (unpaired) electrons. The number of hydrogen-bond donors (Lipinski definition) is 1. The number of alkyl halides is 3. The van der Waals surface area contributed by atoms with Crippen LogP contribution >= 0.6 is 0 Å². The number of anilines is 1. The van der Waals surface area contributed by atoms with E-state index in [0.29, 0.717) is 5.82 Å². The second-order valence-corrected chi connectivity index (χ2v) is 4.09. The summed E-state index contributed by atoms with van der Waals surface area (Å²) >= 11 is 0. The van der Waals surface area contributed by atoms with Crippen LogP contribution in [-0.2, 0) is 0 Å². The maximum atomic E-state index is 12.2. The van der Waals surface area contributed by atoms with Crippen molar-refractivity contribution in [3.63, 3.8) is 0 Å². The lowest BCUT2D eigenvalue weighted by molar-refractivity contribution is -0.206. The Balaban J connectivity index is 2.12. The molecule has 0 saturated carbocycles. The first-order chi connectivity index (χ1) is 7.98. The number of aliphatic hydroxyl groups excluding tert-OH is 1. The van der Waals surface area contributed by atoms with Crippen LogP contribution < -0.4 is 4.90 Å². The second kappa shape index (κ2) is 4.52. The molecule has 2 heterocycles. The summed E-state index contributed by atoms with van der Waals surface area (Å²) in [5.41, 5.74) is -0.222. The molecular weight excluding hydrogens is 233 g/mol. The van der Waals surface area contributed by atoms with Crippen LogP contribution in [0.1, 0.15) is 24.5 Å². The van der Waals surface area contributed by atoms with Crippen molar-refractivity contribution in [3.8, 4) is 0 Å². The monoisotopic (exact) mass is 246 g/mol. The number of halogens is 3. The molecule has 1 unspecified atom stereocenters. The van der Waals surface area contributed by atoms with Crippen molar-refractivity contribution in [3.05, 3.63) is 23.9 Å². The van der Waals surface area contributed by atoms with Crippen LogP contribution in [0.3, 0.4) is 0 Å². The summed E-state index contributed by atoms with van der Waals surface area (Å²) in [5, 5.41) is 9.03. The molecule has 1 fully saturated rings. The van der Waals surface area contributed by atoms with E-state index >= 15 is 0 Å². The minimum absolute atomic E-state index is 0.222. The first kappa shape index (κ1) is 12.2. The van der Waals surface area contributed by atoms with E-state index in [0.717, 1.165) is 32.1 Å². The fourth-order valence-corrected chi connectivity index (χ4v) is 1.88. The zero-order chi connectivity index (χ0) is 12.5. The van der Waals surface area contributed by atoms with Gasteiger partial charge in [0.25, 0.3) is 0 Å². The molecule has 0 aliphatic carbocycles. The minimum Gasteiger partial charge on any atom is -0.379 e. The van der Waals surface area contributed by atoms with Gasteiger partial charge in [0.05, 0.1) is 0 Å². The highest BCUT2D eigenvalue weighted by atomic mass is 19.4. The topological polar surface area (TPSA) is 36.4 Å². The maximum absolute atomic E-state index is 12.2. The van der Waals surface area contributed by atoms with E-state index in [4.69, 9.17) is 5.11 Å². The standard InChI is InChI=1S/C11H13F3N2O/c12-11(13,14)10(17)8-3-4-9(15-7-8)16-5-1-2-6-16/h3-4,7,10,17H,1-2,5-6H2. The largest absolute Gasteiger partial charge is 0.418 e. The summed E-state index contributed by atoms with van der Waals surface area (Å²) < 4.78 is 36.7. The molecule has 1 N–H and O–H groups in total. The third-order valence-corrected chi connectivity index (χ3v) is 2.83. The van der Waals surface area contributed by atoms with Gasteiger partial charge in [-0.3, -0.25) is 0 Å². The van der Waals surface area contributed by atoms with Gasteiger partial charge in [0.15, 0.2) is 6.10 Å². The van der Waals surface area contributed by atoms with Gasteiger partial charge < -0.3 is 10.0 Å². The Morgan fingerprint density at radius 2 is 1.88 bits per heavy atom. The van der Waals surface area contributed by atoms with Crippen LogP contribution in [0.15, 0.2) is 18.3 Å². The Morgan fingerprint density at radius 3 is 2.35 bits per heavy atom. The number of pyridine rings is 1. The molecule has 3 nitrogen and oxygen atoms in total. The lowest BCUT2D eigenvalue weighted by Crippen LogP contribution is -2.22. The average molecular weight is 246 g/mol. The fraction of sp³-hybridized carbons (Fsp3) is 0.545. The van der Waals surface area contributed by atoms with Crippen molar-refractivity contribution in [1.29, 1.82) is 0 Å². The van der Waals surface area contributed by atoms with Crippen molar-refractivity contribution in [2.24, 2.45) is 0 Å². The molecule has 0 aromatic carbocycles. The quantitative estimate of drug-likeness (QED) is 0.869. The molecule has 0 bridgehead atoms. The first-order valence-electron chi connectivity index (χ1n) is 5.44. The second-order valence-electron chi connectivity index (χ2n) is 4.09. The molecule has 6 heteroatoms. The molecule has 2 rings (SSSR count). The molecule has 1 saturated heterocycles. The van der Waals surface area contributed by atoms with Gasteiger partial charge >= 0.3 is 6.18 Å². The van der Waals surface area contributed by atoms with E-state index in [1.54, 1.807) is 0 Å². The van der Waals surface area contributed by atoms with E-state index in [1.165, 1.54) is 12.1 Å². The summed E-state index contributed by atoms with van der Waals surface area (Å²) in [6.07, 6.45) is -3.85. The normalized spacial score (nSPS) is 18.5. The molecule has 1 aromatic rings. The fourth-order valence-electron chi connectivity index (χ4n) is 1.88. The number of hydrogen-bond acceptors (Lipinski definition) is 3. The molecule has 17 heavy (non-hydrogen) atoms. The Morgan fingerprint density at radius 1 is 1.24 bits per heavy atom. The molecule has 0 amide bonds. The Hall–Kier alpha value is -1.30. The van der Waals surface area contributed by atoms with Crippen LogP contribution in [0, 0.1) is 0 Å². The van der Waals surface area contributed by atoms with E-state index in [9.17, 15) is 13.2 Å². The van der Waals surface area contributed by atoms with Crippen LogP contribution in [-0.4, -0.2) is 29.4 Å². The number of aliphatic hydroxyl groups is 1. The minimum atomic E-state index is -4.64. The Kier molecular flexibility index (Phi) is 3.24. The number of rotatable bonds is 2. The number of nitrogens with zero attached hydrogens (tertiary/aromatic N) is 2. The SMILES string of the molecule is OC(c1ccc(N2CCCC2)nc1)C(F)(F)F. The summed E-state index contributed by atoms with van der Waals surface area (Å²) in [5.74, 6) is 0.667. The van der Waals surface area contributed by atoms with E-state index in [1.807, 2.05) is 4.90 Å². The van der Waals surface area contributed by atoms with Gasteiger partial charge in [-0.15, -0.1) is 0 Å². The molecule has 1 aliphatic rings. The van der Waals surface area contributed by atoms with Crippen LogP contribution in [0.4, 0.5) is 19.0 Å². The van der Waals surface area contributed by atoms with Crippen LogP contribution in [0.2, 0.25) is 0 Å². The highest BCUT2D eigenvalue weighted by molar-refractivity contribution is 5.40. The van der Waals surface area contributed by atoms with Crippen molar-refractivity contribution in [1.82, 2.24) is 4.98 Å². The highest BCUT2D eigenvalue weighted by Gasteiger charge is 2.39. The Labute approximate surface area is 96.9 Å². The molecule has 94 valence electrons. The predicted octanol–water partition coefficient (Wildman–Crippen LogP) is 2.28. The van der Waals surface area contributed by atoms with Crippen molar-refractivity contribution in [2.75, 3.05) is 18.0 Å². The van der Waals surface area contributed by atoms with Gasteiger partial charge in [-0.1, -0.05) is 6.07 Å². The van der Waals surface area contributed by atoms with E-state index < -0.39 is 12.3 Å². The molecule has 1 atom stereocenters. The van der Waals surface area contributed by atoms with Crippen molar-refractivity contribution >= 4 is 5.82 Å². The lowest BCUT2D eigenvalue weighted by atomic mass is 10.1. The predicted molar refractivity (Wildman–Crippen MR) is 56.7 cm³/mol. The summed E-state index contributed by atoms with van der Waals surface area (Å²) in [6, 6.07) is 2.80. The van der Waals surface area contributed by atoms with Gasteiger partial charge in [0.2, 0.25) is 0 Å². The van der Waals surface area contributed by atoms with Gasteiger partial charge in [0, 0.05) is 24.8 Å². The van der Waals surface area contributed by atoms with E-state index in [-0.39, 0.29) is 5.56 Å². The molecular formula is C11H13F3N2O.